The summed E-state index contributed by atoms with van der Waals surface area (Å²) in [6.45, 7) is 6.69. The lowest BCUT2D eigenvalue weighted by atomic mass is 10.0. The molecular formula is C17H28FNO2. The van der Waals surface area contributed by atoms with Crippen LogP contribution in [0.1, 0.15) is 44.8 Å². The molecule has 1 unspecified atom stereocenters. The fourth-order valence-electron chi connectivity index (χ4n) is 2.66. The molecule has 0 aliphatic heterocycles. The summed E-state index contributed by atoms with van der Waals surface area (Å²) in [7, 11) is 1.70. The molecule has 0 aliphatic carbocycles. The number of rotatable bonds is 10. The van der Waals surface area contributed by atoms with Crippen LogP contribution in [0.25, 0.3) is 0 Å². The van der Waals surface area contributed by atoms with Gasteiger partial charge in [0.2, 0.25) is 0 Å². The normalized spacial score (nSPS) is 13.1. The Hall–Kier alpha value is -0.970. The minimum atomic E-state index is -0.625. The van der Waals surface area contributed by atoms with Crippen molar-refractivity contribution in [2.75, 3.05) is 26.8 Å². The van der Waals surface area contributed by atoms with E-state index < -0.39 is 6.10 Å². The molecule has 0 amide bonds. The molecule has 0 aliphatic rings. The SMILES string of the molecule is CCC(CC)N(CCOC)CCC(O)c1cccc(F)c1. The molecule has 0 radical (unpaired) electrons. The van der Waals surface area contributed by atoms with E-state index in [-0.39, 0.29) is 5.82 Å². The molecule has 0 fully saturated rings. The highest BCUT2D eigenvalue weighted by molar-refractivity contribution is 5.18. The largest absolute Gasteiger partial charge is 0.388 e. The Morgan fingerprint density at radius 2 is 1.95 bits per heavy atom. The van der Waals surface area contributed by atoms with Crippen LogP contribution in [0.15, 0.2) is 24.3 Å². The molecule has 0 saturated carbocycles. The number of hydrogen-bond acceptors (Lipinski definition) is 3. The molecule has 0 heterocycles. The van der Waals surface area contributed by atoms with Crippen LogP contribution < -0.4 is 0 Å². The third-order valence-electron chi connectivity index (χ3n) is 3.96. The number of ether oxygens (including phenoxy) is 1. The van der Waals surface area contributed by atoms with Gasteiger partial charge >= 0.3 is 0 Å². The maximum Gasteiger partial charge on any atom is 0.123 e. The van der Waals surface area contributed by atoms with Crippen molar-refractivity contribution < 1.29 is 14.2 Å². The highest BCUT2D eigenvalue weighted by Crippen LogP contribution is 2.19. The molecule has 21 heavy (non-hydrogen) atoms. The molecule has 1 rings (SSSR count). The molecule has 0 spiro atoms. The van der Waals surface area contributed by atoms with E-state index in [4.69, 9.17) is 4.74 Å². The number of aliphatic hydroxyl groups is 1. The fourth-order valence-corrected chi connectivity index (χ4v) is 2.66. The van der Waals surface area contributed by atoms with Gasteiger partial charge in [-0.05, 0) is 37.0 Å². The first-order chi connectivity index (χ1) is 10.1. The van der Waals surface area contributed by atoms with E-state index in [2.05, 4.69) is 18.7 Å². The van der Waals surface area contributed by atoms with Crippen molar-refractivity contribution in [2.24, 2.45) is 0 Å². The Balaban J connectivity index is 2.58. The van der Waals surface area contributed by atoms with E-state index in [0.29, 0.717) is 24.6 Å². The summed E-state index contributed by atoms with van der Waals surface area (Å²) >= 11 is 0. The molecule has 120 valence electrons. The van der Waals surface area contributed by atoms with Crippen LogP contribution in [0.2, 0.25) is 0 Å². The van der Waals surface area contributed by atoms with Crippen LogP contribution in [0.5, 0.6) is 0 Å². The number of nitrogens with zero attached hydrogens (tertiary/aromatic N) is 1. The van der Waals surface area contributed by atoms with Gasteiger partial charge in [0.05, 0.1) is 12.7 Å². The Morgan fingerprint density at radius 3 is 2.52 bits per heavy atom. The van der Waals surface area contributed by atoms with E-state index in [0.717, 1.165) is 25.9 Å². The van der Waals surface area contributed by atoms with Crippen LogP contribution in [0.4, 0.5) is 4.39 Å². The molecule has 1 N–H and O–H groups in total. The first-order valence-corrected chi connectivity index (χ1v) is 7.78. The molecular weight excluding hydrogens is 269 g/mol. The van der Waals surface area contributed by atoms with Gasteiger partial charge in [-0.1, -0.05) is 26.0 Å². The monoisotopic (exact) mass is 297 g/mol. The quantitative estimate of drug-likeness (QED) is 0.718. The average Bonchev–Trinajstić information content (AvgIpc) is 2.50. The zero-order chi connectivity index (χ0) is 15.7. The van der Waals surface area contributed by atoms with Gasteiger partial charge in [-0.25, -0.2) is 4.39 Å². The van der Waals surface area contributed by atoms with Crippen LogP contribution in [0.3, 0.4) is 0 Å². The summed E-state index contributed by atoms with van der Waals surface area (Å²) in [5, 5.41) is 10.2. The zero-order valence-electron chi connectivity index (χ0n) is 13.4. The van der Waals surface area contributed by atoms with Crippen LogP contribution in [0, 0.1) is 5.82 Å². The Labute approximate surface area is 127 Å². The summed E-state index contributed by atoms with van der Waals surface area (Å²) in [6.07, 6.45) is 2.14. The second-order valence-corrected chi connectivity index (χ2v) is 5.36. The summed E-state index contributed by atoms with van der Waals surface area (Å²) in [5.41, 5.74) is 0.645. The molecule has 3 nitrogen and oxygen atoms in total. The first kappa shape index (κ1) is 18.1. The van der Waals surface area contributed by atoms with E-state index in [9.17, 15) is 9.50 Å². The highest BCUT2D eigenvalue weighted by Gasteiger charge is 2.17. The van der Waals surface area contributed by atoms with E-state index in [1.165, 1.54) is 12.1 Å². The van der Waals surface area contributed by atoms with Crippen LogP contribution >= 0.6 is 0 Å². The van der Waals surface area contributed by atoms with Gasteiger partial charge < -0.3 is 9.84 Å². The molecule has 1 aromatic carbocycles. The lowest BCUT2D eigenvalue weighted by Gasteiger charge is -2.31. The third kappa shape index (κ3) is 6.12. The number of methoxy groups -OCH3 is 1. The minimum Gasteiger partial charge on any atom is -0.388 e. The molecule has 1 aromatic rings. The lowest BCUT2D eigenvalue weighted by molar-refractivity contribution is 0.0903. The van der Waals surface area contributed by atoms with Gasteiger partial charge in [0, 0.05) is 26.2 Å². The minimum absolute atomic E-state index is 0.303. The summed E-state index contributed by atoms with van der Waals surface area (Å²) in [6, 6.07) is 6.70. The summed E-state index contributed by atoms with van der Waals surface area (Å²) in [5.74, 6) is -0.303. The smallest absolute Gasteiger partial charge is 0.123 e. The number of halogens is 1. The molecule has 4 heteroatoms. The van der Waals surface area contributed by atoms with Gasteiger partial charge in [0.25, 0.3) is 0 Å². The summed E-state index contributed by atoms with van der Waals surface area (Å²) < 4.78 is 18.4. The first-order valence-electron chi connectivity index (χ1n) is 7.78. The molecule has 0 bridgehead atoms. The second kappa shape index (κ2) is 9.87. The molecule has 0 saturated heterocycles. The van der Waals surface area contributed by atoms with Crippen LogP contribution in [-0.2, 0) is 4.74 Å². The highest BCUT2D eigenvalue weighted by atomic mass is 19.1. The Bertz CT molecular complexity index is 396. The van der Waals surface area contributed by atoms with Gasteiger partial charge in [-0.15, -0.1) is 0 Å². The lowest BCUT2D eigenvalue weighted by Crippen LogP contribution is -2.38. The van der Waals surface area contributed by atoms with Crippen LogP contribution in [-0.4, -0.2) is 42.9 Å². The van der Waals surface area contributed by atoms with Gasteiger partial charge in [-0.2, -0.15) is 0 Å². The zero-order valence-corrected chi connectivity index (χ0v) is 13.4. The number of hydrogen-bond donors (Lipinski definition) is 1. The van der Waals surface area contributed by atoms with Crippen molar-refractivity contribution in [1.82, 2.24) is 4.90 Å². The molecule has 1 atom stereocenters. The van der Waals surface area contributed by atoms with Gasteiger partial charge in [-0.3, -0.25) is 4.90 Å². The van der Waals surface area contributed by atoms with E-state index in [1.807, 2.05) is 0 Å². The summed E-state index contributed by atoms with van der Waals surface area (Å²) in [4.78, 5) is 2.35. The van der Waals surface area contributed by atoms with Crippen molar-refractivity contribution in [3.05, 3.63) is 35.6 Å². The van der Waals surface area contributed by atoms with Gasteiger partial charge in [0.15, 0.2) is 0 Å². The van der Waals surface area contributed by atoms with Crippen molar-refractivity contribution >= 4 is 0 Å². The standard InChI is InChI=1S/C17H28FNO2/c1-4-16(5-2)19(11-12-21-3)10-9-17(20)14-7-6-8-15(18)13-14/h6-8,13,16-17,20H,4-5,9-12H2,1-3H3. The van der Waals surface area contributed by atoms with E-state index >= 15 is 0 Å². The average molecular weight is 297 g/mol. The Morgan fingerprint density at radius 1 is 1.24 bits per heavy atom. The maximum absolute atomic E-state index is 13.2. The number of aliphatic hydroxyl groups excluding tert-OH is 1. The molecule has 0 aromatic heterocycles. The fraction of sp³-hybridized carbons (Fsp3) is 0.647. The second-order valence-electron chi connectivity index (χ2n) is 5.36. The number of benzene rings is 1. The van der Waals surface area contributed by atoms with Crippen molar-refractivity contribution in [1.29, 1.82) is 0 Å². The predicted octanol–water partition coefficient (Wildman–Crippen LogP) is 3.39. The van der Waals surface area contributed by atoms with Crippen molar-refractivity contribution in [2.45, 2.75) is 45.3 Å². The van der Waals surface area contributed by atoms with Gasteiger partial charge in [0.1, 0.15) is 5.82 Å². The predicted molar refractivity (Wildman–Crippen MR) is 83.8 cm³/mol. The topological polar surface area (TPSA) is 32.7 Å². The van der Waals surface area contributed by atoms with E-state index in [1.54, 1.807) is 19.2 Å². The third-order valence-corrected chi connectivity index (χ3v) is 3.96. The maximum atomic E-state index is 13.2. The van der Waals surface area contributed by atoms with Crippen molar-refractivity contribution in [3.63, 3.8) is 0 Å². The van der Waals surface area contributed by atoms with Crippen molar-refractivity contribution in [3.8, 4) is 0 Å². The Kier molecular flexibility index (Phi) is 8.50.